The molecule has 0 N–H and O–H groups in total. The molecule has 2 aromatic rings. The highest BCUT2D eigenvalue weighted by Crippen LogP contribution is 2.23. The fraction of sp³-hybridized carbons (Fsp3) is 0.231. The highest BCUT2D eigenvalue weighted by molar-refractivity contribution is 6.28. The molecule has 0 unspecified atom stereocenters. The third kappa shape index (κ3) is 2.94. The van der Waals surface area contributed by atoms with E-state index in [4.69, 9.17) is 16.3 Å². The zero-order chi connectivity index (χ0) is 12.3. The number of nitrogens with zero attached hydrogens (tertiary/aromatic N) is 2. The molecule has 0 spiro atoms. The number of fused-ring (bicyclic) bond motifs is 1. The van der Waals surface area contributed by atoms with Gasteiger partial charge in [-0.2, -0.15) is 4.98 Å². The lowest BCUT2D eigenvalue weighted by Gasteiger charge is -2.08. The normalized spacial score (nSPS) is 10.5. The Hall–Kier alpha value is -1.61. The van der Waals surface area contributed by atoms with E-state index in [1.54, 1.807) is 0 Å². The molecule has 0 bridgehead atoms. The Bertz CT molecular complexity index is 554. The van der Waals surface area contributed by atoms with Gasteiger partial charge in [-0.1, -0.05) is 17.7 Å². The van der Waals surface area contributed by atoms with E-state index in [9.17, 15) is 0 Å². The van der Waals surface area contributed by atoms with Crippen LogP contribution in [0.4, 0.5) is 0 Å². The largest absolute Gasteiger partial charge is 0.477 e. The average molecular weight is 249 g/mol. The molecule has 88 valence electrons. The fourth-order valence-corrected chi connectivity index (χ4v) is 1.62. The molecule has 0 radical (unpaired) electrons. The molecule has 0 saturated carbocycles. The predicted molar refractivity (Wildman–Crippen MR) is 69.5 cm³/mol. The standard InChI is InChI=1S/C13H13ClN2O/c1-9(2)7-8-17-12-10-5-3-4-6-11(10)15-13(14)16-12/h3-6H,1,7-8H2,2H3. The number of rotatable bonds is 4. The molecule has 0 amide bonds. The Morgan fingerprint density at radius 1 is 1.35 bits per heavy atom. The molecule has 0 aliphatic carbocycles. The van der Waals surface area contributed by atoms with Crippen LogP contribution in [0.3, 0.4) is 0 Å². The van der Waals surface area contributed by atoms with Gasteiger partial charge in [-0.3, -0.25) is 0 Å². The maximum Gasteiger partial charge on any atom is 0.226 e. The second-order valence-electron chi connectivity index (χ2n) is 3.87. The molecule has 1 aromatic carbocycles. The van der Waals surface area contributed by atoms with Crippen LogP contribution in [0.15, 0.2) is 36.4 Å². The van der Waals surface area contributed by atoms with E-state index in [0.717, 1.165) is 22.9 Å². The summed E-state index contributed by atoms with van der Waals surface area (Å²) >= 11 is 5.85. The predicted octanol–water partition coefficient (Wildman–Crippen LogP) is 3.63. The van der Waals surface area contributed by atoms with Gasteiger partial charge >= 0.3 is 0 Å². The monoisotopic (exact) mass is 248 g/mol. The SMILES string of the molecule is C=C(C)CCOc1nc(Cl)nc2ccccc12. The molecular formula is C13H13ClN2O. The van der Waals surface area contributed by atoms with E-state index in [-0.39, 0.29) is 5.28 Å². The Morgan fingerprint density at radius 2 is 2.12 bits per heavy atom. The van der Waals surface area contributed by atoms with Gasteiger partial charge in [0.25, 0.3) is 0 Å². The highest BCUT2D eigenvalue weighted by atomic mass is 35.5. The Kier molecular flexibility index (Phi) is 3.59. The van der Waals surface area contributed by atoms with Gasteiger partial charge in [-0.05, 0) is 30.7 Å². The van der Waals surface area contributed by atoms with Crippen LogP contribution in [0.5, 0.6) is 5.88 Å². The lowest BCUT2D eigenvalue weighted by molar-refractivity contribution is 0.313. The molecule has 1 aromatic heterocycles. The van der Waals surface area contributed by atoms with E-state index in [0.29, 0.717) is 12.5 Å². The fourth-order valence-electron chi connectivity index (χ4n) is 1.45. The van der Waals surface area contributed by atoms with Gasteiger partial charge in [0, 0.05) is 6.42 Å². The summed E-state index contributed by atoms with van der Waals surface area (Å²) in [5.74, 6) is 0.529. The van der Waals surface area contributed by atoms with Gasteiger partial charge in [0.15, 0.2) is 0 Å². The van der Waals surface area contributed by atoms with Crippen molar-refractivity contribution in [2.45, 2.75) is 13.3 Å². The number of aromatic nitrogens is 2. The zero-order valence-corrected chi connectivity index (χ0v) is 10.4. The molecule has 0 fully saturated rings. The lowest BCUT2D eigenvalue weighted by atomic mass is 10.2. The molecule has 4 heteroatoms. The summed E-state index contributed by atoms with van der Waals surface area (Å²) < 4.78 is 5.61. The number of hydrogen-bond donors (Lipinski definition) is 0. The minimum atomic E-state index is 0.203. The van der Waals surface area contributed by atoms with Crippen LogP contribution < -0.4 is 4.74 Å². The van der Waals surface area contributed by atoms with Crippen molar-refractivity contribution in [3.05, 3.63) is 41.7 Å². The number of halogens is 1. The molecule has 3 nitrogen and oxygen atoms in total. The highest BCUT2D eigenvalue weighted by Gasteiger charge is 2.06. The van der Waals surface area contributed by atoms with Crippen LogP contribution in [0.25, 0.3) is 10.9 Å². The molecule has 1 heterocycles. The molecular weight excluding hydrogens is 236 g/mol. The second-order valence-corrected chi connectivity index (χ2v) is 4.21. The van der Waals surface area contributed by atoms with Crippen molar-refractivity contribution in [2.24, 2.45) is 0 Å². The van der Waals surface area contributed by atoms with Gasteiger partial charge < -0.3 is 4.74 Å². The van der Waals surface area contributed by atoms with Crippen molar-refractivity contribution in [3.63, 3.8) is 0 Å². The summed E-state index contributed by atoms with van der Waals surface area (Å²) in [6.07, 6.45) is 0.802. The van der Waals surface area contributed by atoms with E-state index in [2.05, 4.69) is 16.5 Å². The van der Waals surface area contributed by atoms with Crippen LogP contribution in [-0.2, 0) is 0 Å². The zero-order valence-electron chi connectivity index (χ0n) is 9.61. The first-order chi connectivity index (χ1) is 8.16. The van der Waals surface area contributed by atoms with Crippen LogP contribution in [0, 0.1) is 0 Å². The van der Waals surface area contributed by atoms with E-state index in [1.807, 2.05) is 31.2 Å². The lowest BCUT2D eigenvalue weighted by Crippen LogP contribution is -2.01. The quantitative estimate of drug-likeness (QED) is 0.612. The number of ether oxygens (including phenoxy) is 1. The second kappa shape index (κ2) is 5.15. The number of hydrogen-bond acceptors (Lipinski definition) is 3. The molecule has 0 saturated heterocycles. The maximum atomic E-state index is 5.85. The smallest absolute Gasteiger partial charge is 0.226 e. The summed E-state index contributed by atoms with van der Waals surface area (Å²) in [6, 6.07) is 7.63. The Morgan fingerprint density at radius 3 is 2.88 bits per heavy atom. The van der Waals surface area contributed by atoms with Gasteiger partial charge in [0.1, 0.15) is 0 Å². The Balaban J connectivity index is 2.29. The topological polar surface area (TPSA) is 35.0 Å². The van der Waals surface area contributed by atoms with Crippen molar-refractivity contribution in [1.82, 2.24) is 9.97 Å². The van der Waals surface area contributed by atoms with Gasteiger partial charge in [-0.15, -0.1) is 6.58 Å². The van der Waals surface area contributed by atoms with E-state index >= 15 is 0 Å². The van der Waals surface area contributed by atoms with Gasteiger partial charge in [0.05, 0.1) is 17.5 Å². The maximum absolute atomic E-state index is 5.85. The first-order valence-corrected chi connectivity index (χ1v) is 5.74. The van der Waals surface area contributed by atoms with Crippen molar-refractivity contribution >= 4 is 22.5 Å². The average Bonchev–Trinajstić information content (AvgIpc) is 2.28. The summed E-state index contributed by atoms with van der Waals surface area (Å²) in [6.45, 7) is 6.34. The minimum Gasteiger partial charge on any atom is -0.477 e. The van der Waals surface area contributed by atoms with Gasteiger partial charge in [-0.25, -0.2) is 4.98 Å². The minimum absolute atomic E-state index is 0.203. The third-order valence-electron chi connectivity index (χ3n) is 2.31. The van der Waals surface area contributed by atoms with Crippen molar-refractivity contribution in [2.75, 3.05) is 6.61 Å². The first-order valence-electron chi connectivity index (χ1n) is 5.36. The molecule has 2 rings (SSSR count). The van der Waals surface area contributed by atoms with Crippen molar-refractivity contribution in [1.29, 1.82) is 0 Å². The number of para-hydroxylation sites is 1. The van der Waals surface area contributed by atoms with Crippen LogP contribution in [0.2, 0.25) is 5.28 Å². The number of benzene rings is 1. The van der Waals surface area contributed by atoms with Crippen LogP contribution in [0.1, 0.15) is 13.3 Å². The molecule has 0 aliphatic rings. The summed E-state index contributed by atoms with van der Waals surface area (Å²) in [5.41, 5.74) is 1.87. The first kappa shape index (κ1) is 11.9. The Labute approximate surface area is 105 Å². The van der Waals surface area contributed by atoms with Gasteiger partial charge in [0.2, 0.25) is 11.2 Å². The van der Waals surface area contributed by atoms with Crippen LogP contribution in [-0.4, -0.2) is 16.6 Å². The summed E-state index contributed by atoms with van der Waals surface area (Å²) in [5, 5.41) is 1.08. The molecule has 17 heavy (non-hydrogen) atoms. The van der Waals surface area contributed by atoms with E-state index < -0.39 is 0 Å². The summed E-state index contributed by atoms with van der Waals surface area (Å²) in [7, 11) is 0. The molecule has 0 aliphatic heterocycles. The third-order valence-corrected chi connectivity index (χ3v) is 2.48. The van der Waals surface area contributed by atoms with Crippen LogP contribution >= 0.6 is 11.6 Å². The van der Waals surface area contributed by atoms with Crippen molar-refractivity contribution in [3.8, 4) is 5.88 Å². The van der Waals surface area contributed by atoms with E-state index in [1.165, 1.54) is 0 Å². The van der Waals surface area contributed by atoms with Crippen molar-refractivity contribution < 1.29 is 4.74 Å². The molecule has 0 atom stereocenters. The summed E-state index contributed by atoms with van der Waals surface area (Å²) in [4.78, 5) is 8.24.